The zero-order chi connectivity index (χ0) is 18.6. The molecular formula is C22H24F3N. The maximum Gasteiger partial charge on any atom is 0.416 e. The second kappa shape index (κ2) is 8.09. The number of benzene rings is 2. The van der Waals surface area contributed by atoms with Crippen LogP contribution >= 0.6 is 0 Å². The van der Waals surface area contributed by atoms with Crippen LogP contribution in [0, 0.1) is 0 Å². The Morgan fingerprint density at radius 3 is 2.73 bits per heavy atom. The number of allylic oxidation sites excluding steroid dienone is 1. The van der Waals surface area contributed by atoms with Crippen LogP contribution in [0.2, 0.25) is 0 Å². The van der Waals surface area contributed by atoms with Gasteiger partial charge in [-0.25, -0.2) is 0 Å². The smallest absolute Gasteiger partial charge is 0.310 e. The number of aryl methyl sites for hydroxylation is 2. The van der Waals surface area contributed by atoms with Crippen molar-refractivity contribution in [2.24, 2.45) is 0 Å². The molecule has 0 aromatic heterocycles. The molecule has 1 unspecified atom stereocenters. The van der Waals surface area contributed by atoms with Crippen LogP contribution in [0.1, 0.15) is 53.6 Å². The molecule has 4 heteroatoms. The number of hydrogen-bond donors (Lipinski definition) is 1. The lowest BCUT2D eigenvalue weighted by Gasteiger charge is -2.21. The minimum atomic E-state index is -4.28. The molecule has 1 atom stereocenters. The topological polar surface area (TPSA) is 12.0 Å². The molecular weight excluding hydrogens is 335 g/mol. The molecule has 138 valence electrons. The van der Waals surface area contributed by atoms with Gasteiger partial charge in [-0.15, -0.1) is 0 Å². The van der Waals surface area contributed by atoms with Gasteiger partial charge in [0.1, 0.15) is 0 Å². The minimum absolute atomic E-state index is 0.217. The fraction of sp³-hybridized carbons (Fsp3) is 0.364. The van der Waals surface area contributed by atoms with E-state index >= 15 is 0 Å². The lowest BCUT2D eigenvalue weighted by Crippen LogP contribution is -2.21. The lowest BCUT2D eigenvalue weighted by molar-refractivity contribution is -0.137. The molecule has 0 spiro atoms. The van der Waals surface area contributed by atoms with Gasteiger partial charge in [-0.3, -0.25) is 0 Å². The summed E-state index contributed by atoms with van der Waals surface area (Å²) >= 11 is 0. The second-order valence-corrected chi connectivity index (χ2v) is 6.84. The molecule has 3 rings (SSSR count). The normalized spacial score (nSPS) is 14.9. The molecule has 1 N–H and O–H groups in total. The molecule has 0 radical (unpaired) electrons. The Morgan fingerprint density at radius 1 is 1.12 bits per heavy atom. The van der Waals surface area contributed by atoms with Crippen molar-refractivity contribution in [2.45, 2.75) is 44.8 Å². The SMILES string of the molecule is CC(NCCCc1cccc(C(F)(F)F)c1)c1cccc2c1C=CCC2. The first-order valence-corrected chi connectivity index (χ1v) is 9.13. The zero-order valence-corrected chi connectivity index (χ0v) is 14.9. The standard InChI is InChI=1S/C22H24F3N/c1-16(20-13-5-10-18-9-2-3-12-21(18)20)26-14-6-8-17-7-4-11-19(15-17)22(23,24)25/h3-5,7,10-13,15-16,26H,2,6,8-9,14H2,1H3. The Morgan fingerprint density at radius 2 is 1.92 bits per heavy atom. The van der Waals surface area contributed by atoms with Crippen LogP contribution in [-0.4, -0.2) is 6.54 Å². The van der Waals surface area contributed by atoms with E-state index in [9.17, 15) is 13.2 Å². The predicted octanol–water partition coefficient (Wildman–Crippen LogP) is 5.95. The number of alkyl halides is 3. The maximum atomic E-state index is 12.8. The van der Waals surface area contributed by atoms with Crippen molar-refractivity contribution in [3.63, 3.8) is 0 Å². The van der Waals surface area contributed by atoms with Crippen molar-refractivity contribution in [2.75, 3.05) is 6.54 Å². The highest BCUT2D eigenvalue weighted by atomic mass is 19.4. The van der Waals surface area contributed by atoms with E-state index in [1.165, 1.54) is 28.8 Å². The summed E-state index contributed by atoms with van der Waals surface area (Å²) in [5.74, 6) is 0. The summed E-state index contributed by atoms with van der Waals surface area (Å²) in [6.45, 7) is 2.91. The first kappa shape index (κ1) is 18.7. The predicted molar refractivity (Wildman–Crippen MR) is 100.0 cm³/mol. The van der Waals surface area contributed by atoms with E-state index in [2.05, 4.69) is 42.6 Å². The van der Waals surface area contributed by atoms with E-state index in [0.29, 0.717) is 6.42 Å². The van der Waals surface area contributed by atoms with Gasteiger partial charge < -0.3 is 5.32 Å². The van der Waals surface area contributed by atoms with E-state index in [1.807, 2.05) is 0 Å². The molecule has 26 heavy (non-hydrogen) atoms. The van der Waals surface area contributed by atoms with Crippen LogP contribution in [-0.2, 0) is 19.0 Å². The van der Waals surface area contributed by atoms with Crippen LogP contribution in [0.5, 0.6) is 0 Å². The molecule has 1 nitrogen and oxygen atoms in total. The average molecular weight is 359 g/mol. The van der Waals surface area contributed by atoms with Crippen molar-refractivity contribution in [3.8, 4) is 0 Å². The Balaban J connectivity index is 1.54. The highest BCUT2D eigenvalue weighted by Crippen LogP contribution is 2.30. The molecule has 1 aliphatic rings. The summed E-state index contributed by atoms with van der Waals surface area (Å²) < 4.78 is 38.3. The van der Waals surface area contributed by atoms with E-state index in [4.69, 9.17) is 0 Å². The first-order chi connectivity index (χ1) is 12.4. The van der Waals surface area contributed by atoms with E-state index in [-0.39, 0.29) is 6.04 Å². The van der Waals surface area contributed by atoms with Gasteiger partial charge in [-0.05, 0) is 67.5 Å². The Hall–Kier alpha value is -2.07. The van der Waals surface area contributed by atoms with E-state index in [1.54, 1.807) is 6.07 Å². The van der Waals surface area contributed by atoms with Crippen molar-refractivity contribution < 1.29 is 13.2 Å². The third kappa shape index (κ3) is 4.55. The summed E-state index contributed by atoms with van der Waals surface area (Å²) in [6, 6.07) is 12.3. The molecule has 2 aromatic carbocycles. The van der Waals surface area contributed by atoms with E-state index in [0.717, 1.165) is 37.4 Å². The third-order valence-electron chi connectivity index (χ3n) is 4.91. The highest BCUT2D eigenvalue weighted by molar-refractivity contribution is 5.60. The van der Waals surface area contributed by atoms with Crippen LogP contribution in [0.3, 0.4) is 0 Å². The molecule has 2 aromatic rings. The molecule has 0 saturated heterocycles. The largest absolute Gasteiger partial charge is 0.416 e. The van der Waals surface area contributed by atoms with Crippen molar-refractivity contribution >= 4 is 6.08 Å². The monoisotopic (exact) mass is 359 g/mol. The number of rotatable bonds is 6. The number of hydrogen-bond acceptors (Lipinski definition) is 1. The van der Waals surface area contributed by atoms with Crippen molar-refractivity contribution in [3.05, 3.63) is 76.4 Å². The molecule has 0 saturated carbocycles. The van der Waals surface area contributed by atoms with Gasteiger partial charge in [-0.1, -0.05) is 48.6 Å². The number of halogens is 3. The summed E-state index contributed by atoms with van der Waals surface area (Å²) in [5.41, 5.74) is 4.16. The molecule has 0 heterocycles. The van der Waals surface area contributed by atoms with Crippen LogP contribution in [0.25, 0.3) is 6.08 Å². The average Bonchev–Trinajstić information content (AvgIpc) is 2.64. The van der Waals surface area contributed by atoms with Gasteiger partial charge in [0.15, 0.2) is 0 Å². The van der Waals surface area contributed by atoms with Gasteiger partial charge in [-0.2, -0.15) is 13.2 Å². The summed E-state index contributed by atoms with van der Waals surface area (Å²) in [7, 11) is 0. The highest BCUT2D eigenvalue weighted by Gasteiger charge is 2.30. The zero-order valence-electron chi connectivity index (χ0n) is 14.9. The summed E-state index contributed by atoms with van der Waals surface area (Å²) in [6.07, 6.45) is 3.76. The Bertz CT molecular complexity index is 777. The third-order valence-corrected chi connectivity index (χ3v) is 4.91. The molecule has 0 fully saturated rings. The lowest BCUT2D eigenvalue weighted by atomic mass is 9.90. The maximum absolute atomic E-state index is 12.8. The Labute approximate surface area is 152 Å². The van der Waals surface area contributed by atoms with Crippen LogP contribution in [0.15, 0.2) is 48.5 Å². The van der Waals surface area contributed by atoms with Gasteiger partial charge in [0, 0.05) is 6.04 Å². The minimum Gasteiger partial charge on any atom is -0.310 e. The van der Waals surface area contributed by atoms with Crippen molar-refractivity contribution in [1.82, 2.24) is 5.32 Å². The fourth-order valence-electron chi connectivity index (χ4n) is 3.50. The van der Waals surface area contributed by atoms with E-state index < -0.39 is 11.7 Å². The van der Waals surface area contributed by atoms with Gasteiger partial charge in [0.2, 0.25) is 0 Å². The molecule has 1 aliphatic carbocycles. The van der Waals surface area contributed by atoms with Crippen molar-refractivity contribution in [1.29, 1.82) is 0 Å². The quantitative estimate of drug-likeness (QED) is 0.629. The fourth-order valence-corrected chi connectivity index (χ4v) is 3.50. The summed E-state index contributed by atoms with van der Waals surface area (Å²) in [5, 5.41) is 3.51. The number of fused-ring (bicyclic) bond motifs is 1. The van der Waals surface area contributed by atoms with Gasteiger partial charge >= 0.3 is 6.18 Å². The Kier molecular flexibility index (Phi) is 5.82. The van der Waals surface area contributed by atoms with Crippen LogP contribution in [0.4, 0.5) is 13.2 Å². The molecule has 0 amide bonds. The van der Waals surface area contributed by atoms with Crippen LogP contribution < -0.4 is 5.32 Å². The molecule has 0 bridgehead atoms. The summed E-state index contributed by atoms with van der Waals surface area (Å²) in [4.78, 5) is 0. The second-order valence-electron chi connectivity index (χ2n) is 6.84. The van der Waals surface area contributed by atoms with Gasteiger partial charge in [0.25, 0.3) is 0 Å². The first-order valence-electron chi connectivity index (χ1n) is 9.13. The number of nitrogens with one attached hydrogen (secondary N) is 1. The van der Waals surface area contributed by atoms with Gasteiger partial charge in [0.05, 0.1) is 5.56 Å². The molecule has 0 aliphatic heterocycles.